The van der Waals surface area contributed by atoms with Crippen LogP contribution in [0.3, 0.4) is 0 Å². The Kier molecular flexibility index (Phi) is 5.57. The number of urea groups is 1. The quantitative estimate of drug-likeness (QED) is 0.871. The van der Waals surface area contributed by atoms with Crippen molar-refractivity contribution in [3.63, 3.8) is 0 Å². The first-order chi connectivity index (χ1) is 12.5. The second-order valence-electron chi connectivity index (χ2n) is 6.55. The number of hydrogen-bond donors (Lipinski definition) is 1. The van der Waals surface area contributed by atoms with Crippen LogP contribution < -0.4 is 15.0 Å². The van der Waals surface area contributed by atoms with E-state index in [1.807, 2.05) is 42.2 Å². The van der Waals surface area contributed by atoms with Gasteiger partial charge in [-0.2, -0.15) is 0 Å². The largest absolute Gasteiger partial charge is 0.497 e. The van der Waals surface area contributed by atoms with Crippen molar-refractivity contribution in [3.05, 3.63) is 52.5 Å². The molecule has 2 aromatic carbocycles. The third-order valence-corrected chi connectivity index (χ3v) is 4.89. The zero-order chi connectivity index (χ0) is 18.7. The molecule has 1 fully saturated rings. The van der Waals surface area contributed by atoms with Gasteiger partial charge in [-0.15, -0.1) is 0 Å². The average molecular weight is 374 g/mol. The number of nitrogens with one attached hydrogen (secondary N) is 1. The van der Waals surface area contributed by atoms with Crippen molar-refractivity contribution >= 4 is 29.0 Å². The number of amides is 2. The van der Waals surface area contributed by atoms with Crippen molar-refractivity contribution in [2.45, 2.75) is 13.8 Å². The summed E-state index contributed by atoms with van der Waals surface area (Å²) in [5, 5.41) is 3.71. The van der Waals surface area contributed by atoms with Crippen LogP contribution in [0.25, 0.3) is 0 Å². The smallest absolute Gasteiger partial charge is 0.321 e. The highest BCUT2D eigenvalue weighted by Crippen LogP contribution is 2.31. The summed E-state index contributed by atoms with van der Waals surface area (Å²) in [4.78, 5) is 16.6. The lowest BCUT2D eigenvalue weighted by atomic mass is 10.1. The van der Waals surface area contributed by atoms with Gasteiger partial charge in [0.1, 0.15) is 5.75 Å². The number of benzene rings is 2. The van der Waals surface area contributed by atoms with E-state index in [9.17, 15) is 4.79 Å². The maximum Gasteiger partial charge on any atom is 0.321 e. The summed E-state index contributed by atoms with van der Waals surface area (Å²) < 4.78 is 5.19. The fourth-order valence-electron chi connectivity index (χ4n) is 3.35. The minimum atomic E-state index is -0.0929. The van der Waals surface area contributed by atoms with Gasteiger partial charge in [-0.05, 0) is 43.2 Å². The minimum absolute atomic E-state index is 0.0929. The molecule has 1 N–H and O–H groups in total. The lowest BCUT2D eigenvalue weighted by Crippen LogP contribution is -2.50. The molecule has 1 aliphatic heterocycles. The second-order valence-corrected chi connectivity index (χ2v) is 6.96. The maximum atomic E-state index is 12.5. The number of halogens is 1. The van der Waals surface area contributed by atoms with Crippen LogP contribution >= 0.6 is 11.6 Å². The zero-order valence-electron chi connectivity index (χ0n) is 15.4. The van der Waals surface area contributed by atoms with Gasteiger partial charge in [0.15, 0.2) is 0 Å². The number of aryl methyl sites for hydroxylation is 2. The molecule has 2 aromatic rings. The van der Waals surface area contributed by atoms with Crippen LogP contribution in [-0.4, -0.2) is 44.2 Å². The number of anilines is 2. The first-order valence-electron chi connectivity index (χ1n) is 8.69. The van der Waals surface area contributed by atoms with Gasteiger partial charge in [0.2, 0.25) is 0 Å². The van der Waals surface area contributed by atoms with E-state index in [1.54, 1.807) is 7.11 Å². The summed E-state index contributed by atoms with van der Waals surface area (Å²) in [5.74, 6) is 0.720. The Morgan fingerprint density at radius 3 is 2.50 bits per heavy atom. The van der Waals surface area contributed by atoms with Crippen molar-refractivity contribution in [3.8, 4) is 5.75 Å². The number of nitrogens with zero attached hydrogens (tertiary/aromatic N) is 2. The van der Waals surface area contributed by atoms with Gasteiger partial charge in [-0.1, -0.05) is 23.7 Å². The van der Waals surface area contributed by atoms with Crippen molar-refractivity contribution in [2.75, 3.05) is 43.5 Å². The number of rotatable bonds is 3. The standard InChI is InChI=1S/C20H24ClN3O2/c1-14-11-15(2)19(18(21)12-14)23-7-9-24(10-8-23)20(25)22-16-5-4-6-17(13-16)26-3/h4-6,11-13H,7-10H2,1-3H3,(H,22,25). The molecule has 0 bridgehead atoms. The topological polar surface area (TPSA) is 44.8 Å². The van der Waals surface area contributed by atoms with E-state index in [-0.39, 0.29) is 6.03 Å². The molecule has 1 saturated heterocycles. The molecular weight excluding hydrogens is 350 g/mol. The molecule has 2 amide bonds. The molecular formula is C20H24ClN3O2. The van der Waals surface area contributed by atoms with E-state index in [0.717, 1.165) is 40.8 Å². The Bertz CT molecular complexity index is 778. The van der Waals surface area contributed by atoms with Crippen molar-refractivity contribution < 1.29 is 9.53 Å². The number of ether oxygens (including phenoxy) is 1. The number of hydrogen-bond acceptors (Lipinski definition) is 3. The van der Waals surface area contributed by atoms with E-state index < -0.39 is 0 Å². The van der Waals surface area contributed by atoms with Gasteiger partial charge in [0, 0.05) is 37.9 Å². The van der Waals surface area contributed by atoms with E-state index in [0.29, 0.717) is 13.1 Å². The summed E-state index contributed by atoms with van der Waals surface area (Å²) in [6.07, 6.45) is 0. The normalized spacial score (nSPS) is 14.3. The zero-order valence-corrected chi connectivity index (χ0v) is 16.1. The average Bonchev–Trinajstić information content (AvgIpc) is 2.61. The summed E-state index contributed by atoms with van der Waals surface area (Å²) in [5.41, 5.74) is 4.14. The molecule has 138 valence electrons. The minimum Gasteiger partial charge on any atom is -0.497 e. The summed E-state index contributed by atoms with van der Waals surface area (Å²) in [6, 6.07) is 11.4. The van der Waals surface area contributed by atoms with E-state index >= 15 is 0 Å². The van der Waals surface area contributed by atoms with Crippen LogP contribution in [0.4, 0.5) is 16.2 Å². The molecule has 1 aliphatic rings. The lowest BCUT2D eigenvalue weighted by Gasteiger charge is -2.37. The molecule has 3 rings (SSSR count). The predicted molar refractivity (Wildman–Crippen MR) is 107 cm³/mol. The fourth-order valence-corrected chi connectivity index (χ4v) is 3.79. The Morgan fingerprint density at radius 1 is 1.12 bits per heavy atom. The highest BCUT2D eigenvalue weighted by Gasteiger charge is 2.23. The van der Waals surface area contributed by atoms with Crippen molar-refractivity contribution in [2.24, 2.45) is 0 Å². The van der Waals surface area contributed by atoms with Crippen LogP contribution in [0.2, 0.25) is 5.02 Å². The van der Waals surface area contributed by atoms with Gasteiger partial charge in [-0.3, -0.25) is 0 Å². The van der Waals surface area contributed by atoms with Gasteiger partial charge in [-0.25, -0.2) is 4.79 Å². The molecule has 0 aliphatic carbocycles. The van der Waals surface area contributed by atoms with E-state index in [1.165, 1.54) is 5.56 Å². The second kappa shape index (κ2) is 7.87. The molecule has 5 nitrogen and oxygen atoms in total. The predicted octanol–water partition coefficient (Wildman–Crippen LogP) is 4.32. The highest BCUT2D eigenvalue weighted by atomic mass is 35.5. The lowest BCUT2D eigenvalue weighted by molar-refractivity contribution is 0.208. The Labute approximate surface area is 159 Å². The number of piperazine rings is 1. The maximum absolute atomic E-state index is 12.5. The number of methoxy groups -OCH3 is 1. The molecule has 0 spiro atoms. The fraction of sp³-hybridized carbons (Fsp3) is 0.350. The monoisotopic (exact) mass is 373 g/mol. The summed E-state index contributed by atoms with van der Waals surface area (Å²) in [7, 11) is 1.61. The molecule has 0 unspecified atom stereocenters. The third-order valence-electron chi connectivity index (χ3n) is 4.60. The summed E-state index contributed by atoms with van der Waals surface area (Å²) >= 11 is 6.46. The molecule has 0 atom stereocenters. The molecule has 6 heteroatoms. The molecule has 1 heterocycles. The SMILES string of the molecule is COc1cccc(NC(=O)N2CCN(c3c(C)cc(C)cc3Cl)CC2)c1. The molecule has 0 aromatic heterocycles. The highest BCUT2D eigenvalue weighted by molar-refractivity contribution is 6.33. The van der Waals surface area contributed by atoms with Crippen molar-refractivity contribution in [1.29, 1.82) is 0 Å². The molecule has 0 saturated carbocycles. The van der Waals surface area contributed by atoms with Crippen LogP contribution in [0.5, 0.6) is 5.75 Å². The van der Waals surface area contributed by atoms with Gasteiger partial charge in [0.05, 0.1) is 17.8 Å². The molecule has 0 radical (unpaired) electrons. The summed E-state index contributed by atoms with van der Waals surface area (Å²) in [6.45, 7) is 6.95. The van der Waals surface area contributed by atoms with Crippen LogP contribution in [0.15, 0.2) is 36.4 Å². The third kappa shape index (κ3) is 4.05. The van der Waals surface area contributed by atoms with Gasteiger partial charge >= 0.3 is 6.03 Å². The van der Waals surface area contributed by atoms with Crippen LogP contribution in [-0.2, 0) is 0 Å². The van der Waals surface area contributed by atoms with Crippen LogP contribution in [0, 0.1) is 13.8 Å². The first kappa shape index (κ1) is 18.4. The molecule has 26 heavy (non-hydrogen) atoms. The van der Waals surface area contributed by atoms with E-state index in [4.69, 9.17) is 16.3 Å². The Balaban J connectivity index is 1.62. The number of carbonyl (C=O) groups excluding carboxylic acids is 1. The van der Waals surface area contributed by atoms with E-state index in [2.05, 4.69) is 23.2 Å². The first-order valence-corrected chi connectivity index (χ1v) is 9.07. The van der Waals surface area contributed by atoms with Crippen molar-refractivity contribution in [1.82, 2.24) is 4.90 Å². The number of carbonyl (C=O) groups is 1. The van der Waals surface area contributed by atoms with Gasteiger partial charge < -0.3 is 19.9 Å². The van der Waals surface area contributed by atoms with Crippen LogP contribution in [0.1, 0.15) is 11.1 Å². The Hall–Kier alpha value is -2.40. The van der Waals surface area contributed by atoms with Gasteiger partial charge in [0.25, 0.3) is 0 Å². The Morgan fingerprint density at radius 2 is 1.85 bits per heavy atom.